The van der Waals surface area contributed by atoms with Gasteiger partial charge < -0.3 is 9.26 Å². The maximum Gasteiger partial charge on any atom is 0.230 e. The summed E-state index contributed by atoms with van der Waals surface area (Å²) >= 11 is 0. The van der Waals surface area contributed by atoms with Crippen molar-refractivity contribution in [2.75, 3.05) is 0 Å². The van der Waals surface area contributed by atoms with Crippen LogP contribution in [-0.2, 0) is 5.60 Å². The van der Waals surface area contributed by atoms with Gasteiger partial charge in [-0.1, -0.05) is 17.3 Å². The van der Waals surface area contributed by atoms with E-state index in [1.54, 1.807) is 6.33 Å². The molecule has 0 bridgehead atoms. The van der Waals surface area contributed by atoms with E-state index in [-0.39, 0.29) is 0 Å². The summed E-state index contributed by atoms with van der Waals surface area (Å²) < 4.78 is 13.6. The zero-order valence-corrected chi connectivity index (χ0v) is 13.0. The van der Waals surface area contributed by atoms with Gasteiger partial charge in [0.05, 0.1) is 11.4 Å². The molecule has 116 valence electrons. The van der Waals surface area contributed by atoms with Crippen LogP contribution in [0.4, 0.5) is 0 Å². The van der Waals surface area contributed by atoms with E-state index >= 15 is 0 Å². The summed E-state index contributed by atoms with van der Waals surface area (Å²) in [6, 6.07) is 7.95. The fraction of sp³-hybridized carbons (Fsp3) is 0.353. The highest BCUT2D eigenvalue weighted by atomic mass is 16.5. The van der Waals surface area contributed by atoms with E-state index < -0.39 is 5.60 Å². The second kappa shape index (κ2) is 4.22. The van der Waals surface area contributed by atoms with Crippen LogP contribution in [0.2, 0.25) is 0 Å². The summed E-state index contributed by atoms with van der Waals surface area (Å²) in [5.74, 6) is 2.54. The molecule has 6 heteroatoms. The van der Waals surface area contributed by atoms with E-state index in [0.29, 0.717) is 11.7 Å². The predicted molar refractivity (Wildman–Crippen MR) is 82.5 cm³/mol. The molecule has 1 fully saturated rings. The van der Waals surface area contributed by atoms with E-state index in [2.05, 4.69) is 19.7 Å². The molecule has 0 N–H and O–H groups in total. The molecule has 0 atom stereocenters. The number of imidazole rings is 1. The predicted octanol–water partition coefficient (Wildman–Crippen LogP) is 3.43. The molecule has 2 aromatic heterocycles. The molecular formula is C17H16N4O2. The fourth-order valence-corrected chi connectivity index (χ4v) is 3.16. The largest absolute Gasteiger partial charge is 0.479 e. The molecule has 1 aliphatic carbocycles. The lowest BCUT2D eigenvalue weighted by Gasteiger charge is -2.34. The quantitative estimate of drug-likeness (QED) is 0.725. The molecule has 0 saturated heterocycles. The van der Waals surface area contributed by atoms with Gasteiger partial charge in [0.1, 0.15) is 23.4 Å². The van der Waals surface area contributed by atoms with Gasteiger partial charge in [0, 0.05) is 5.92 Å². The molecule has 3 aromatic rings. The Bertz CT molecular complexity index is 905. The van der Waals surface area contributed by atoms with Crippen LogP contribution in [0.1, 0.15) is 44.2 Å². The fourth-order valence-electron chi connectivity index (χ4n) is 3.16. The van der Waals surface area contributed by atoms with Crippen molar-refractivity contribution >= 4 is 0 Å². The lowest BCUT2D eigenvalue weighted by atomic mass is 9.99. The first-order chi connectivity index (χ1) is 11.1. The van der Waals surface area contributed by atoms with Gasteiger partial charge >= 0.3 is 0 Å². The molecule has 0 unspecified atom stereocenters. The lowest BCUT2D eigenvalue weighted by Crippen LogP contribution is -2.32. The van der Waals surface area contributed by atoms with Crippen LogP contribution in [0.15, 0.2) is 35.1 Å². The van der Waals surface area contributed by atoms with E-state index in [0.717, 1.165) is 41.6 Å². The Hall–Kier alpha value is -2.63. The average molecular weight is 308 g/mol. The first-order valence-corrected chi connectivity index (χ1v) is 7.84. The summed E-state index contributed by atoms with van der Waals surface area (Å²) in [6.45, 7) is 4.06. The topological polar surface area (TPSA) is 66.0 Å². The molecule has 23 heavy (non-hydrogen) atoms. The van der Waals surface area contributed by atoms with Crippen molar-refractivity contribution in [3.8, 4) is 23.0 Å². The van der Waals surface area contributed by atoms with Crippen LogP contribution in [-0.4, -0.2) is 19.7 Å². The zero-order valence-electron chi connectivity index (χ0n) is 13.0. The number of aromatic nitrogens is 4. The van der Waals surface area contributed by atoms with Crippen LogP contribution in [0, 0.1) is 0 Å². The van der Waals surface area contributed by atoms with Gasteiger partial charge in [-0.2, -0.15) is 4.98 Å². The molecule has 6 nitrogen and oxygen atoms in total. The second-order valence-corrected chi connectivity index (χ2v) is 6.62. The lowest BCUT2D eigenvalue weighted by molar-refractivity contribution is 0.0930. The van der Waals surface area contributed by atoms with Gasteiger partial charge in [-0.3, -0.25) is 4.57 Å². The highest BCUT2D eigenvalue weighted by Crippen LogP contribution is 2.43. The number of nitrogens with zero attached hydrogens (tertiary/aromatic N) is 4. The summed E-state index contributed by atoms with van der Waals surface area (Å²) in [4.78, 5) is 9.09. The summed E-state index contributed by atoms with van der Waals surface area (Å²) in [5, 5.41) is 4.13. The second-order valence-electron chi connectivity index (χ2n) is 6.62. The maximum absolute atomic E-state index is 6.19. The molecule has 1 aliphatic heterocycles. The molecule has 1 saturated carbocycles. The number of benzene rings is 1. The number of hydrogen-bond donors (Lipinski definition) is 0. The number of hydrogen-bond acceptors (Lipinski definition) is 5. The summed E-state index contributed by atoms with van der Waals surface area (Å²) in [7, 11) is 0. The number of fused-ring (bicyclic) bond motifs is 3. The van der Waals surface area contributed by atoms with Gasteiger partial charge in [0.15, 0.2) is 0 Å². The highest BCUT2D eigenvalue weighted by Gasteiger charge is 2.38. The average Bonchev–Trinajstić information content (AvgIpc) is 3.09. The van der Waals surface area contributed by atoms with Gasteiger partial charge in [-0.05, 0) is 38.8 Å². The molecule has 0 amide bonds. The van der Waals surface area contributed by atoms with E-state index in [1.165, 1.54) is 0 Å². The van der Waals surface area contributed by atoms with Gasteiger partial charge in [-0.15, -0.1) is 0 Å². The minimum absolute atomic E-state index is 0.430. The molecule has 5 rings (SSSR count). The van der Waals surface area contributed by atoms with Crippen LogP contribution in [0.3, 0.4) is 0 Å². The molecule has 0 radical (unpaired) electrons. The molecule has 0 spiro atoms. The smallest absolute Gasteiger partial charge is 0.230 e. The van der Waals surface area contributed by atoms with Crippen LogP contribution in [0.25, 0.3) is 17.2 Å². The standard InChI is InChI=1S/C17H16N4O2/c1-17(2)14-13(15-19-16(23-20-15)10-7-8-10)18-9-21(14)11-5-3-4-6-12(11)22-17/h3-6,9-10H,7-8H2,1-2H3. The van der Waals surface area contributed by atoms with Crippen molar-refractivity contribution in [3.05, 3.63) is 42.2 Å². The van der Waals surface area contributed by atoms with Crippen LogP contribution in [0.5, 0.6) is 5.75 Å². The number of ether oxygens (including phenoxy) is 1. The van der Waals surface area contributed by atoms with Gasteiger partial charge in [0.25, 0.3) is 0 Å². The monoisotopic (exact) mass is 308 g/mol. The number of para-hydroxylation sites is 2. The summed E-state index contributed by atoms with van der Waals surface area (Å²) in [5.41, 5.74) is 2.12. The Kier molecular flexibility index (Phi) is 2.36. The minimum Gasteiger partial charge on any atom is -0.479 e. The Morgan fingerprint density at radius 2 is 2.04 bits per heavy atom. The van der Waals surface area contributed by atoms with Crippen LogP contribution < -0.4 is 4.74 Å². The summed E-state index contributed by atoms with van der Waals surface area (Å²) in [6.07, 6.45) is 4.07. The third-order valence-corrected chi connectivity index (χ3v) is 4.41. The van der Waals surface area contributed by atoms with E-state index in [4.69, 9.17) is 9.26 Å². The van der Waals surface area contributed by atoms with Gasteiger partial charge in [-0.25, -0.2) is 4.98 Å². The van der Waals surface area contributed by atoms with Crippen molar-refractivity contribution in [2.24, 2.45) is 0 Å². The third-order valence-electron chi connectivity index (χ3n) is 4.41. The molecular weight excluding hydrogens is 292 g/mol. The first kappa shape index (κ1) is 12.9. The highest BCUT2D eigenvalue weighted by molar-refractivity contribution is 5.61. The van der Waals surface area contributed by atoms with Crippen molar-refractivity contribution in [3.63, 3.8) is 0 Å². The Balaban J connectivity index is 1.69. The normalized spacial score (nSPS) is 18.2. The van der Waals surface area contributed by atoms with E-state index in [1.807, 2.05) is 38.1 Å². The Morgan fingerprint density at radius 3 is 2.87 bits per heavy atom. The maximum atomic E-state index is 6.19. The van der Waals surface area contributed by atoms with E-state index in [9.17, 15) is 0 Å². The first-order valence-electron chi connectivity index (χ1n) is 7.84. The van der Waals surface area contributed by atoms with Crippen molar-refractivity contribution in [1.82, 2.24) is 19.7 Å². The third kappa shape index (κ3) is 1.84. The molecule has 3 heterocycles. The Labute approximate surface area is 133 Å². The van der Waals surface area contributed by atoms with Crippen molar-refractivity contribution < 1.29 is 9.26 Å². The minimum atomic E-state index is -0.527. The Morgan fingerprint density at radius 1 is 1.22 bits per heavy atom. The number of rotatable bonds is 2. The molecule has 1 aromatic carbocycles. The van der Waals surface area contributed by atoms with Gasteiger partial charge in [0.2, 0.25) is 11.7 Å². The zero-order chi connectivity index (χ0) is 15.6. The molecule has 2 aliphatic rings. The SMILES string of the molecule is CC1(C)Oc2ccccc2-n2cnc(-c3noc(C4CC4)n3)c21. The van der Waals surface area contributed by atoms with Crippen molar-refractivity contribution in [1.29, 1.82) is 0 Å². The van der Waals surface area contributed by atoms with Crippen LogP contribution >= 0.6 is 0 Å². The van der Waals surface area contributed by atoms with Crippen molar-refractivity contribution in [2.45, 2.75) is 38.2 Å².